The molecule has 1 aromatic rings. The Balaban J connectivity index is 1.55. The third-order valence-electron chi connectivity index (χ3n) is 5.13. The molecule has 1 aromatic carbocycles. The Morgan fingerprint density at radius 2 is 2.08 bits per heavy atom. The quantitative estimate of drug-likeness (QED) is 0.839. The van der Waals surface area contributed by atoms with Gasteiger partial charge in [0.2, 0.25) is 11.8 Å². The number of carbonyl (C=O) groups is 2. The average Bonchev–Trinajstić information content (AvgIpc) is 3.00. The summed E-state index contributed by atoms with van der Waals surface area (Å²) in [6.07, 6.45) is 0.590. The first kappa shape index (κ1) is 18.3. The molecule has 2 saturated heterocycles. The van der Waals surface area contributed by atoms with Gasteiger partial charge in [-0.2, -0.15) is 0 Å². The summed E-state index contributed by atoms with van der Waals surface area (Å²) >= 11 is 1.73. The fourth-order valence-corrected chi connectivity index (χ4v) is 4.83. The number of quaternary nitrogens is 1. The van der Waals surface area contributed by atoms with Gasteiger partial charge in [0.1, 0.15) is 5.37 Å². The van der Waals surface area contributed by atoms with Crippen molar-refractivity contribution in [3.8, 4) is 0 Å². The minimum atomic E-state index is 0.148. The van der Waals surface area contributed by atoms with E-state index in [4.69, 9.17) is 0 Å². The lowest BCUT2D eigenvalue weighted by Crippen LogP contribution is -3.15. The Morgan fingerprint density at radius 1 is 1.32 bits per heavy atom. The van der Waals surface area contributed by atoms with Gasteiger partial charge in [0.25, 0.3) is 0 Å². The Kier molecular flexibility index (Phi) is 6.02. The van der Waals surface area contributed by atoms with Crippen molar-refractivity contribution in [2.75, 3.05) is 45.0 Å². The molecule has 2 aliphatic rings. The maximum absolute atomic E-state index is 12.3. The number of thioether (sulfide) groups is 1. The van der Waals surface area contributed by atoms with Crippen LogP contribution in [0, 0.1) is 6.92 Å². The van der Waals surface area contributed by atoms with Crippen LogP contribution in [0.1, 0.15) is 29.8 Å². The molecule has 3 rings (SSSR count). The number of rotatable bonds is 5. The standard InChI is InChI=1S/C19H27N3O2S/c1-3-17(23)21-10-7-20(8-11-21)9-12-22-18(24)14-25-19(22)16-6-4-5-15(2)13-16/h4-6,13,19H,3,7-12,14H2,1-2H3/p+1/t19-/m1/s1. The maximum atomic E-state index is 12.3. The van der Waals surface area contributed by atoms with Gasteiger partial charge < -0.3 is 14.7 Å². The second kappa shape index (κ2) is 8.23. The van der Waals surface area contributed by atoms with Gasteiger partial charge in [-0.3, -0.25) is 9.59 Å². The molecule has 0 saturated carbocycles. The molecule has 0 aromatic heterocycles. The van der Waals surface area contributed by atoms with Crippen LogP contribution < -0.4 is 4.90 Å². The number of amides is 2. The SMILES string of the molecule is CCC(=O)N1CC[NH+](CCN2C(=O)CS[C@@H]2c2cccc(C)c2)CC1. The van der Waals surface area contributed by atoms with Crippen molar-refractivity contribution in [1.82, 2.24) is 9.80 Å². The molecular weight excluding hydrogens is 334 g/mol. The Morgan fingerprint density at radius 3 is 2.76 bits per heavy atom. The Hall–Kier alpha value is -1.53. The fourth-order valence-electron chi connectivity index (χ4n) is 3.62. The van der Waals surface area contributed by atoms with E-state index in [1.165, 1.54) is 16.0 Å². The predicted molar refractivity (Wildman–Crippen MR) is 101 cm³/mol. The largest absolute Gasteiger partial charge is 0.331 e. The summed E-state index contributed by atoms with van der Waals surface area (Å²) in [5, 5.41) is 0.148. The third-order valence-corrected chi connectivity index (χ3v) is 6.38. The summed E-state index contributed by atoms with van der Waals surface area (Å²) in [4.78, 5) is 29.6. The second-order valence-electron chi connectivity index (χ2n) is 6.90. The van der Waals surface area contributed by atoms with Gasteiger partial charge in [-0.1, -0.05) is 36.8 Å². The molecule has 0 aliphatic carbocycles. The van der Waals surface area contributed by atoms with E-state index in [9.17, 15) is 9.59 Å². The normalized spacial score (nSPS) is 21.8. The summed E-state index contributed by atoms with van der Waals surface area (Å²) in [7, 11) is 0. The van der Waals surface area contributed by atoms with Gasteiger partial charge in [-0.25, -0.2) is 0 Å². The molecule has 1 atom stereocenters. The van der Waals surface area contributed by atoms with Crippen molar-refractivity contribution in [2.24, 2.45) is 0 Å². The molecule has 0 radical (unpaired) electrons. The minimum Gasteiger partial charge on any atom is -0.331 e. The molecular formula is C19H28N3O2S+. The molecule has 2 heterocycles. The van der Waals surface area contributed by atoms with E-state index in [1.807, 2.05) is 16.7 Å². The topological polar surface area (TPSA) is 45.1 Å². The number of hydrogen-bond acceptors (Lipinski definition) is 3. The van der Waals surface area contributed by atoms with Crippen molar-refractivity contribution in [1.29, 1.82) is 0 Å². The van der Waals surface area contributed by atoms with Gasteiger partial charge in [0.15, 0.2) is 0 Å². The zero-order chi connectivity index (χ0) is 17.8. The van der Waals surface area contributed by atoms with Gasteiger partial charge >= 0.3 is 0 Å². The first-order valence-electron chi connectivity index (χ1n) is 9.17. The van der Waals surface area contributed by atoms with Crippen LogP contribution in [-0.2, 0) is 9.59 Å². The van der Waals surface area contributed by atoms with Crippen LogP contribution in [0.4, 0.5) is 0 Å². The first-order chi connectivity index (χ1) is 12.1. The Labute approximate surface area is 154 Å². The summed E-state index contributed by atoms with van der Waals surface area (Å²) in [6.45, 7) is 9.41. The van der Waals surface area contributed by atoms with E-state index in [2.05, 4.69) is 31.2 Å². The zero-order valence-corrected chi connectivity index (χ0v) is 16.0. The lowest BCUT2D eigenvalue weighted by Gasteiger charge is -2.33. The maximum Gasteiger partial charge on any atom is 0.234 e. The molecule has 0 unspecified atom stereocenters. The number of aryl methyl sites for hydroxylation is 1. The van der Waals surface area contributed by atoms with Crippen LogP contribution in [-0.4, -0.2) is 66.6 Å². The summed E-state index contributed by atoms with van der Waals surface area (Å²) in [5.41, 5.74) is 2.46. The Bertz CT molecular complexity index is 629. The molecule has 0 bridgehead atoms. The summed E-state index contributed by atoms with van der Waals surface area (Å²) < 4.78 is 0. The number of benzene rings is 1. The number of nitrogens with one attached hydrogen (secondary N) is 1. The predicted octanol–water partition coefficient (Wildman–Crippen LogP) is 0.706. The van der Waals surface area contributed by atoms with E-state index in [0.717, 1.165) is 39.3 Å². The monoisotopic (exact) mass is 362 g/mol. The van der Waals surface area contributed by atoms with E-state index >= 15 is 0 Å². The van der Waals surface area contributed by atoms with Crippen molar-refractivity contribution < 1.29 is 14.5 Å². The fraction of sp³-hybridized carbons (Fsp3) is 0.579. The number of piperazine rings is 1. The van der Waals surface area contributed by atoms with E-state index < -0.39 is 0 Å². The molecule has 0 spiro atoms. The summed E-state index contributed by atoms with van der Waals surface area (Å²) in [5.74, 6) is 1.08. The number of hydrogen-bond donors (Lipinski definition) is 1. The molecule has 5 nitrogen and oxygen atoms in total. The van der Waals surface area contributed by atoms with Crippen molar-refractivity contribution in [2.45, 2.75) is 25.6 Å². The van der Waals surface area contributed by atoms with Crippen LogP contribution in [0.5, 0.6) is 0 Å². The number of nitrogens with zero attached hydrogens (tertiary/aromatic N) is 2. The molecule has 2 amide bonds. The molecule has 2 fully saturated rings. The minimum absolute atomic E-state index is 0.148. The van der Waals surface area contributed by atoms with Gasteiger partial charge in [0.05, 0.1) is 45.0 Å². The van der Waals surface area contributed by atoms with Crippen molar-refractivity contribution in [3.05, 3.63) is 35.4 Å². The average molecular weight is 363 g/mol. The number of carbonyl (C=O) groups excluding carboxylic acids is 2. The zero-order valence-electron chi connectivity index (χ0n) is 15.2. The highest BCUT2D eigenvalue weighted by Gasteiger charge is 2.33. The van der Waals surface area contributed by atoms with Gasteiger partial charge in [0, 0.05) is 6.42 Å². The van der Waals surface area contributed by atoms with E-state index in [0.29, 0.717) is 12.2 Å². The summed E-state index contributed by atoms with van der Waals surface area (Å²) in [6, 6.07) is 8.47. The molecule has 1 N–H and O–H groups in total. The lowest BCUT2D eigenvalue weighted by atomic mass is 10.1. The molecule has 136 valence electrons. The van der Waals surface area contributed by atoms with Crippen molar-refractivity contribution in [3.63, 3.8) is 0 Å². The highest BCUT2D eigenvalue weighted by atomic mass is 32.2. The van der Waals surface area contributed by atoms with Crippen LogP contribution >= 0.6 is 11.8 Å². The van der Waals surface area contributed by atoms with Crippen LogP contribution in [0.15, 0.2) is 24.3 Å². The molecule has 6 heteroatoms. The van der Waals surface area contributed by atoms with E-state index in [1.54, 1.807) is 11.8 Å². The smallest absolute Gasteiger partial charge is 0.234 e. The van der Waals surface area contributed by atoms with E-state index in [-0.39, 0.29) is 17.2 Å². The lowest BCUT2D eigenvalue weighted by molar-refractivity contribution is -0.903. The molecule has 2 aliphatic heterocycles. The highest BCUT2D eigenvalue weighted by molar-refractivity contribution is 8.00. The van der Waals surface area contributed by atoms with Crippen LogP contribution in [0.3, 0.4) is 0 Å². The van der Waals surface area contributed by atoms with Crippen LogP contribution in [0.2, 0.25) is 0 Å². The first-order valence-corrected chi connectivity index (χ1v) is 10.2. The van der Waals surface area contributed by atoms with Crippen molar-refractivity contribution >= 4 is 23.6 Å². The van der Waals surface area contributed by atoms with Gasteiger partial charge in [-0.15, -0.1) is 11.8 Å². The van der Waals surface area contributed by atoms with Gasteiger partial charge in [-0.05, 0) is 12.5 Å². The highest BCUT2D eigenvalue weighted by Crippen LogP contribution is 2.38. The molecule has 25 heavy (non-hydrogen) atoms. The third kappa shape index (κ3) is 4.36. The second-order valence-corrected chi connectivity index (χ2v) is 7.97. The van der Waals surface area contributed by atoms with Crippen LogP contribution in [0.25, 0.3) is 0 Å².